The van der Waals surface area contributed by atoms with Crippen LogP contribution in [0.4, 0.5) is 0 Å². The van der Waals surface area contributed by atoms with Crippen LogP contribution in [0.2, 0.25) is 0 Å². The van der Waals surface area contributed by atoms with E-state index in [4.69, 9.17) is 11.5 Å². The third-order valence-electron chi connectivity index (χ3n) is 2.64. The van der Waals surface area contributed by atoms with Crippen molar-refractivity contribution in [3.8, 4) is 0 Å². The fourth-order valence-corrected chi connectivity index (χ4v) is 1.62. The van der Waals surface area contributed by atoms with Crippen molar-refractivity contribution in [3.05, 3.63) is 65.5 Å². The van der Waals surface area contributed by atoms with Crippen molar-refractivity contribution >= 4 is 0 Å². The lowest BCUT2D eigenvalue weighted by Gasteiger charge is -2.12. The molecular formula is C13H15N3. The van der Waals surface area contributed by atoms with Gasteiger partial charge in [0.2, 0.25) is 0 Å². The third kappa shape index (κ3) is 2.27. The van der Waals surface area contributed by atoms with Crippen LogP contribution in [0.1, 0.15) is 22.7 Å². The monoisotopic (exact) mass is 213 g/mol. The molecule has 0 aliphatic carbocycles. The normalized spacial score (nSPS) is 12.4. The summed E-state index contributed by atoms with van der Waals surface area (Å²) in [6.07, 6.45) is 3.51. The molecule has 3 heteroatoms. The quantitative estimate of drug-likeness (QED) is 0.813. The summed E-state index contributed by atoms with van der Waals surface area (Å²) in [5.74, 6) is 0. The second-order valence-electron chi connectivity index (χ2n) is 3.70. The topological polar surface area (TPSA) is 64.9 Å². The van der Waals surface area contributed by atoms with E-state index in [1.54, 1.807) is 12.4 Å². The maximum absolute atomic E-state index is 6.15. The standard InChI is InChI=1S/C13H15N3/c14-9-10-1-3-11(4-2-10)13(15)12-5-7-16-8-6-12/h1-8,13H,9,14-15H2. The Morgan fingerprint density at radius 3 is 2.06 bits per heavy atom. The SMILES string of the molecule is NCc1ccc(C(N)c2ccncc2)cc1. The molecule has 1 aromatic carbocycles. The molecule has 1 atom stereocenters. The number of aromatic nitrogens is 1. The number of benzene rings is 1. The lowest BCUT2D eigenvalue weighted by atomic mass is 9.99. The fraction of sp³-hybridized carbons (Fsp3) is 0.154. The Hall–Kier alpha value is -1.71. The first-order valence-electron chi connectivity index (χ1n) is 5.25. The summed E-state index contributed by atoms with van der Waals surface area (Å²) in [7, 11) is 0. The summed E-state index contributed by atoms with van der Waals surface area (Å²) < 4.78 is 0. The molecule has 2 rings (SSSR count). The molecule has 1 aromatic heterocycles. The molecule has 0 saturated heterocycles. The van der Waals surface area contributed by atoms with Crippen molar-refractivity contribution in [1.29, 1.82) is 0 Å². The molecule has 1 unspecified atom stereocenters. The molecule has 0 saturated carbocycles. The van der Waals surface area contributed by atoms with E-state index < -0.39 is 0 Å². The number of hydrogen-bond donors (Lipinski definition) is 2. The highest BCUT2D eigenvalue weighted by Crippen LogP contribution is 2.18. The summed E-state index contributed by atoms with van der Waals surface area (Å²) in [6.45, 7) is 0.560. The van der Waals surface area contributed by atoms with E-state index in [0.717, 1.165) is 16.7 Å². The highest BCUT2D eigenvalue weighted by molar-refractivity contribution is 5.32. The summed E-state index contributed by atoms with van der Waals surface area (Å²) in [6, 6.07) is 11.8. The summed E-state index contributed by atoms with van der Waals surface area (Å²) >= 11 is 0. The zero-order valence-electron chi connectivity index (χ0n) is 9.01. The molecule has 82 valence electrons. The number of nitrogens with two attached hydrogens (primary N) is 2. The Morgan fingerprint density at radius 1 is 0.938 bits per heavy atom. The Kier molecular flexibility index (Phi) is 3.29. The first kappa shape index (κ1) is 10.8. The molecule has 2 aromatic rings. The number of rotatable bonds is 3. The van der Waals surface area contributed by atoms with Crippen LogP contribution in [0, 0.1) is 0 Å². The van der Waals surface area contributed by atoms with Gasteiger partial charge >= 0.3 is 0 Å². The van der Waals surface area contributed by atoms with Crippen LogP contribution in [-0.2, 0) is 6.54 Å². The van der Waals surface area contributed by atoms with Crippen LogP contribution in [0.25, 0.3) is 0 Å². The predicted molar refractivity (Wildman–Crippen MR) is 64.6 cm³/mol. The largest absolute Gasteiger partial charge is 0.326 e. The van der Waals surface area contributed by atoms with E-state index in [1.165, 1.54) is 0 Å². The van der Waals surface area contributed by atoms with E-state index in [9.17, 15) is 0 Å². The zero-order valence-corrected chi connectivity index (χ0v) is 9.01. The zero-order chi connectivity index (χ0) is 11.4. The molecular weight excluding hydrogens is 198 g/mol. The van der Waals surface area contributed by atoms with Crippen LogP contribution >= 0.6 is 0 Å². The lowest BCUT2D eigenvalue weighted by molar-refractivity contribution is 0.865. The van der Waals surface area contributed by atoms with Crippen LogP contribution in [0.15, 0.2) is 48.8 Å². The van der Waals surface area contributed by atoms with Gasteiger partial charge in [-0.2, -0.15) is 0 Å². The van der Waals surface area contributed by atoms with Gasteiger partial charge in [-0.25, -0.2) is 0 Å². The van der Waals surface area contributed by atoms with Crippen molar-refractivity contribution in [1.82, 2.24) is 4.98 Å². The van der Waals surface area contributed by atoms with Crippen molar-refractivity contribution in [2.75, 3.05) is 0 Å². The van der Waals surface area contributed by atoms with Gasteiger partial charge in [-0.05, 0) is 28.8 Å². The Labute approximate surface area is 95.1 Å². The van der Waals surface area contributed by atoms with Crippen LogP contribution < -0.4 is 11.5 Å². The maximum Gasteiger partial charge on any atom is 0.0552 e. The first-order chi connectivity index (χ1) is 7.81. The molecule has 1 heterocycles. The van der Waals surface area contributed by atoms with Crippen molar-refractivity contribution in [2.24, 2.45) is 11.5 Å². The third-order valence-corrected chi connectivity index (χ3v) is 2.64. The lowest BCUT2D eigenvalue weighted by Crippen LogP contribution is -2.11. The number of hydrogen-bond acceptors (Lipinski definition) is 3. The first-order valence-corrected chi connectivity index (χ1v) is 5.25. The van der Waals surface area contributed by atoms with E-state index in [-0.39, 0.29) is 6.04 Å². The van der Waals surface area contributed by atoms with Gasteiger partial charge in [0.15, 0.2) is 0 Å². The van der Waals surface area contributed by atoms with Gasteiger partial charge in [0.1, 0.15) is 0 Å². The summed E-state index contributed by atoms with van der Waals surface area (Å²) in [4.78, 5) is 3.98. The predicted octanol–water partition coefficient (Wildman–Crippen LogP) is 1.59. The van der Waals surface area contributed by atoms with Gasteiger partial charge in [-0.3, -0.25) is 4.98 Å². The molecule has 3 nitrogen and oxygen atoms in total. The summed E-state index contributed by atoms with van der Waals surface area (Å²) in [5, 5.41) is 0. The van der Waals surface area contributed by atoms with Crippen LogP contribution in [0.3, 0.4) is 0 Å². The molecule has 0 bridgehead atoms. The molecule has 0 fully saturated rings. The Bertz CT molecular complexity index is 436. The van der Waals surface area contributed by atoms with Crippen molar-refractivity contribution < 1.29 is 0 Å². The minimum absolute atomic E-state index is 0.102. The Morgan fingerprint density at radius 2 is 1.50 bits per heavy atom. The average molecular weight is 213 g/mol. The second-order valence-corrected chi connectivity index (χ2v) is 3.70. The fourth-order valence-electron chi connectivity index (χ4n) is 1.62. The molecule has 0 amide bonds. The Balaban J connectivity index is 2.24. The minimum Gasteiger partial charge on any atom is -0.326 e. The second kappa shape index (κ2) is 4.88. The van der Waals surface area contributed by atoms with Gasteiger partial charge < -0.3 is 11.5 Å². The van der Waals surface area contributed by atoms with Gasteiger partial charge in [-0.1, -0.05) is 24.3 Å². The molecule has 16 heavy (non-hydrogen) atoms. The summed E-state index contributed by atoms with van der Waals surface area (Å²) in [5.41, 5.74) is 15.0. The van der Waals surface area contributed by atoms with E-state index >= 15 is 0 Å². The minimum atomic E-state index is -0.102. The molecule has 4 N–H and O–H groups in total. The maximum atomic E-state index is 6.15. The van der Waals surface area contributed by atoms with Gasteiger partial charge in [0, 0.05) is 18.9 Å². The van der Waals surface area contributed by atoms with Gasteiger partial charge in [-0.15, -0.1) is 0 Å². The average Bonchev–Trinajstić information content (AvgIpc) is 2.39. The molecule has 0 spiro atoms. The smallest absolute Gasteiger partial charge is 0.0552 e. The van der Waals surface area contributed by atoms with Crippen LogP contribution in [-0.4, -0.2) is 4.98 Å². The van der Waals surface area contributed by atoms with Gasteiger partial charge in [0.05, 0.1) is 6.04 Å². The number of pyridine rings is 1. The highest BCUT2D eigenvalue weighted by Gasteiger charge is 2.07. The van der Waals surface area contributed by atoms with Crippen molar-refractivity contribution in [2.45, 2.75) is 12.6 Å². The van der Waals surface area contributed by atoms with E-state index in [2.05, 4.69) is 4.98 Å². The molecule has 0 radical (unpaired) electrons. The number of nitrogens with zero attached hydrogens (tertiary/aromatic N) is 1. The van der Waals surface area contributed by atoms with E-state index in [1.807, 2.05) is 36.4 Å². The van der Waals surface area contributed by atoms with Crippen LogP contribution in [0.5, 0.6) is 0 Å². The highest BCUT2D eigenvalue weighted by atomic mass is 14.7. The molecule has 0 aliphatic heterocycles. The van der Waals surface area contributed by atoms with Gasteiger partial charge in [0.25, 0.3) is 0 Å². The van der Waals surface area contributed by atoms with E-state index in [0.29, 0.717) is 6.54 Å². The van der Waals surface area contributed by atoms with Crippen molar-refractivity contribution in [3.63, 3.8) is 0 Å². The molecule has 0 aliphatic rings.